The van der Waals surface area contributed by atoms with E-state index in [0.29, 0.717) is 18.7 Å². The number of urea groups is 1. The largest absolute Gasteiger partial charge is 0.388 e. The maximum Gasteiger partial charge on any atom is 0.322 e. The summed E-state index contributed by atoms with van der Waals surface area (Å²) in [5.74, 6) is -0.822. The summed E-state index contributed by atoms with van der Waals surface area (Å²) in [5, 5.41) is 15.0. The molecule has 0 saturated carbocycles. The van der Waals surface area contributed by atoms with Gasteiger partial charge in [0.05, 0.1) is 31.0 Å². The summed E-state index contributed by atoms with van der Waals surface area (Å²) < 4.78 is 19.1. The first kappa shape index (κ1) is 18.2. The standard InChI is InChI=1S/C16H22FN3O4/c1-3-15(22)18-10-5-6-11(17)12(7-10)19-16(23)20(4-2)13-8-24-9-14(13)21/h5-7,13-14,21H,3-4,8-9H2,1-2H3,(H,18,22)(H,19,23)/t13-,14-/m1/s1. The lowest BCUT2D eigenvalue weighted by molar-refractivity contribution is -0.115. The number of carbonyl (C=O) groups excluding carboxylic acids is 2. The Morgan fingerprint density at radius 1 is 1.33 bits per heavy atom. The molecule has 1 fully saturated rings. The molecule has 2 atom stereocenters. The van der Waals surface area contributed by atoms with Crippen LogP contribution in [0.3, 0.4) is 0 Å². The predicted molar refractivity (Wildman–Crippen MR) is 87.3 cm³/mol. The van der Waals surface area contributed by atoms with Crippen LogP contribution >= 0.6 is 0 Å². The average Bonchev–Trinajstić information content (AvgIpc) is 2.97. The van der Waals surface area contributed by atoms with Gasteiger partial charge in [0.2, 0.25) is 5.91 Å². The Balaban J connectivity index is 2.12. The normalized spacial score (nSPS) is 19.8. The fourth-order valence-corrected chi connectivity index (χ4v) is 2.49. The van der Waals surface area contributed by atoms with Crippen LogP contribution in [0.1, 0.15) is 20.3 Å². The highest BCUT2D eigenvalue weighted by molar-refractivity contribution is 5.93. The van der Waals surface area contributed by atoms with Gasteiger partial charge in [-0.3, -0.25) is 4.79 Å². The number of halogens is 1. The number of nitrogens with zero attached hydrogens (tertiary/aromatic N) is 1. The molecule has 24 heavy (non-hydrogen) atoms. The van der Waals surface area contributed by atoms with Crippen molar-refractivity contribution >= 4 is 23.3 Å². The van der Waals surface area contributed by atoms with Crippen LogP contribution in [0, 0.1) is 5.82 Å². The summed E-state index contributed by atoms with van der Waals surface area (Å²) in [6.45, 7) is 4.21. The second kappa shape index (κ2) is 8.07. The summed E-state index contributed by atoms with van der Waals surface area (Å²) in [6, 6.07) is 2.94. The molecule has 8 heteroatoms. The molecule has 0 radical (unpaired) electrons. The van der Waals surface area contributed by atoms with Gasteiger partial charge in [-0.05, 0) is 25.1 Å². The number of nitrogens with one attached hydrogen (secondary N) is 2. The molecule has 0 spiro atoms. The number of amides is 3. The Labute approximate surface area is 139 Å². The molecule has 1 saturated heterocycles. The first-order valence-electron chi connectivity index (χ1n) is 7.89. The second-order valence-corrected chi connectivity index (χ2v) is 5.48. The number of carbonyl (C=O) groups is 2. The molecule has 1 aliphatic rings. The van der Waals surface area contributed by atoms with Crippen molar-refractivity contribution in [1.82, 2.24) is 4.90 Å². The Bertz CT molecular complexity index is 611. The van der Waals surface area contributed by atoms with Crippen molar-refractivity contribution in [2.45, 2.75) is 32.4 Å². The van der Waals surface area contributed by atoms with Crippen LogP contribution in [-0.4, -0.2) is 53.8 Å². The summed E-state index contributed by atoms with van der Waals surface area (Å²) in [5.41, 5.74) is 0.353. The molecule has 3 N–H and O–H groups in total. The van der Waals surface area contributed by atoms with Gasteiger partial charge in [-0.25, -0.2) is 9.18 Å². The van der Waals surface area contributed by atoms with Gasteiger partial charge in [-0.2, -0.15) is 0 Å². The molecule has 0 aliphatic carbocycles. The average molecular weight is 339 g/mol. The molecule has 0 bridgehead atoms. The van der Waals surface area contributed by atoms with E-state index in [0.717, 1.165) is 0 Å². The predicted octanol–water partition coefficient (Wildman–Crippen LogP) is 1.79. The van der Waals surface area contributed by atoms with Crippen LogP contribution < -0.4 is 10.6 Å². The minimum Gasteiger partial charge on any atom is -0.388 e. The summed E-state index contributed by atoms with van der Waals surface area (Å²) in [6.07, 6.45) is -0.474. The highest BCUT2D eigenvalue weighted by Gasteiger charge is 2.34. The molecule has 0 unspecified atom stereocenters. The molecular formula is C16H22FN3O4. The third kappa shape index (κ3) is 4.21. The lowest BCUT2D eigenvalue weighted by Gasteiger charge is -2.29. The van der Waals surface area contributed by atoms with Crippen molar-refractivity contribution in [1.29, 1.82) is 0 Å². The Morgan fingerprint density at radius 2 is 2.08 bits per heavy atom. The zero-order chi connectivity index (χ0) is 17.7. The Morgan fingerprint density at radius 3 is 2.67 bits per heavy atom. The fourth-order valence-electron chi connectivity index (χ4n) is 2.49. The number of anilines is 2. The lowest BCUT2D eigenvalue weighted by atomic mass is 10.2. The first-order valence-corrected chi connectivity index (χ1v) is 7.89. The molecular weight excluding hydrogens is 317 g/mol. The molecule has 1 aromatic rings. The Kier molecular flexibility index (Phi) is 6.10. The van der Waals surface area contributed by atoms with E-state index in [-0.39, 0.29) is 24.8 Å². The van der Waals surface area contributed by atoms with Crippen LogP contribution in [0.25, 0.3) is 0 Å². The van der Waals surface area contributed by atoms with Crippen LogP contribution in [0.4, 0.5) is 20.6 Å². The van der Waals surface area contributed by atoms with Gasteiger partial charge < -0.3 is 25.4 Å². The third-order valence-electron chi connectivity index (χ3n) is 3.84. The maximum atomic E-state index is 14.0. The molecule has 2 rings (SSSR count). The van der Waals surface area contributed by atoms with Gasteiger partial charge in [0, 0.05) is 18.7 Å². The summed E-state index contributed by atoms with van der Waals surface area (Å²) >= 11 is 0. The van der Waals surface area contributed by atoms with Crippen molar-refractivity contribution in [3.8, 4) is 0 Å². The smallest absolute Gasteiger partial charge is 0.322 e. The number of hydrogen-bond donors (Lipinski definition) is 3. The molecule has 1 heterocycles. The minimum atomic E-state index is -0.768. The van der Waals surface area contributed by atoms with E-state index < -0.39 is 24.0 Å². The van der Waals surface area contributed by atoms with Crippen molar-refractivity contribution < 1.29 is 23.8 Å². The first-order chi connectivity index (χ1) is 11.5. The van der Waals surface area contributed by atoms with Gasteiger partial charge >= 0.3 is 6.03 Å². The highest BCUT2D eigenvalue weighted by Crippen LogP contribution is 2.21. The number of aliphatic hydroxyl groups excluding tert-OH is 1. The summed E-state index contributed by atoms with van der Waals surface area (Å²) in [4.78, 5) is 25.2. The van der Waals surface area contributed by atoms with E-state index in [4.69, 9.17) is 4.74 Å². The van der Waals surface area contributed by atoms with E-state index in [2.05, 4.69) is 10.6 Å². The van der Waals surface area contributed by atoms with Crippen LogP contribution in [0.2, 0.25) is 0 Å². The van der Waals surface area contributed by atoms with Gasteiger partial charge in [0.15, 0.2) is 0 Å². The molecule has 132 valence electrons. The highest BCUT2D eigenvalue weighted by atomic mass is 19.1. The molecule has 1 aliphatic heterocycles. The van der Waals surface area contributed by atoms with Crippen LogP contribution in [0.15, 0.2) is 18.2 Å². The zero-order valence-corrected chi connectivity index (χ0v) is 13.7. The SMILES string of the molecule is CCC(=O)Nc1ccc(F)c(NC(=O)N(CC)[C@@H]2COC[C@H]2O)c1. The topological polar surface area (TPSA) is 90.9 Å². The molecule has 0 aromatic heterocycles. The van der Waals surface area contributed by atoms with E-state index in [9.17, 15) is 19.1 Å². The monoisotopic (exact) mass is 339 g/mol. The van der Waals surface area contributed by atoms with Crippen molar-refractivity contribution in [2.75, 3.05) is 30.4 Å². The number of ether oxygens (including phenoxy) is 1. The van der Waals surface area contributed by atoms with Gasteiger partial charge in [-0.15, -0.1) is 0 Å². The van der Waals surface area contributed by atoms with E-state index in [1.165, 1.54) is 23.1 Å². The minimum absolute atomic E-state index is 0.0410. The lowest BCUT2D eigenvalue weighted by Crippen LogP contribution is -2.48. The van der Waals surface area contributed by atoms with E-state index in [1.807, 2.05) is 0 Å². The second-order valence-electron chi connectivity index (χ2n) is 5.48. The van der Waals surface area contributed by atoms with Gasteiger partial charge in [-0.1, -0.05) is 6.92 Å². The number of benzene rings is 1. The van der Waals surface area contributed by atoms with Crippen molar-refractivity contribution in [3.05, 3.63) is 24.0 Å². The molecule has 7 nitrogen and oxygen atoms in total. The Hall–Kier alpha value is -2.19. The molecule has 3 amide bonds. The number of likely N-dealkylation sites (N-methyl/N-ethyl adjacent to an activating group) is 1. The van der Waals surface area contributed by atoms with Gasteiger partial charge in [0.25, 0.3) is 0 Å². The van der Waals surface area contributed by atoms with E-state index >= 15 is 0 Å². The fraction of sp³-hybridized carbons (Fsp3) is 0.500. The number of hydrogen-bond acceptors (Lipinski definition) is 4. The zero-order valence-electron chi connectivity index (χ0n) is 13.7. The van der Waals surface area contributed by atoms with Gasteiger partial charge in [0.1, 0.15) is 5.82 Å². The quantitative estimate of drug-likeness (QED) is 0.763. The van der Waals surface area contributed by atoms with Crippen LogP contribution in [-0.2, 0) is 9.53 Å². The maximum absolute atomic E-state index is 14.0. The van der Waals surface area contributed by atoms with Crippen molar-refractivity contribution in [2.24, 2.45) is 0 Å². The summed E-state index contributed by atoms with van der Waals surface area (Å²) in [7, 11) is 0. The van der Waals surface area contributed by atoms with E-state index in [1.54, 1.807) is 13.8 Å². The van der Waals surface area contributed by atoms with Crippen LogP contribution in [0.5, 0.6) is 0 Å². The van der Waals surface area contributed by atoms with Crippen molar-refractivity contribution in [3.63, 3.8) is 0 Å². The number of rotatable bonds is 5. The third-order valence-corrected chi connectivity index (χ3v) is 3.84. The number of aliphatic hydroxyl groups is 1. The molecule has 1 aromatic carbocycles.